The zero-order chi connectivity index (χ0) is 15.4. The fourth-order valence-corrected chi connectivity index (χ4v) is 2.23. The van der Waals surface area contributed by atoms with Gasteiger partial charge in [0.15, 0.2) is 0 Å². The Bertz CT molecular complexity index is 560. The van der Waals surface area contributed by atoms with Crippen molar-refractivity contribution in [1.29, 1.82) is 0 Å². The lowest BCUT2D eigenvalue weighted by atomic mass is 10.1. The summed E-state index contributed by atoms with van der Waals surface area (Å²) in [4.78, 5) is 6.30. The van der Waals surface area contributed by atoms with Crippen molar-refractivity contribution < 1.29 is 5.11 Å². The third-order valence-electron chi connectivity index (χ3n) is 3.40. The Morgan fingerprint density at radius 3 is 2.43 bits per heavy atom. The molecule has 0 amide bonds. The molecule has 0 saturated heterocycles. The van der Waals surface area contributed by atoms with Gasteiger partial charge in [0, 0.05) is 32.7 Å². The number of nitrogens with zero attached hydrogens (tertiary/aromatic N) is 4. The van der Waals surface area contributed by atoms with Crippen molar-refractivity contribution in [2.24, 2.45) is 5.92 Å². The zero-order valence-electron chi connectivity index (χ0n) is 13.2. The Kier molecular flexibility index (Phi) is 4.96. The van der Waals surface area contributed by atoms with Crippen LogP contribution in [0, 0.1) is 5.92 Å². The van der Waals surface area contributed by atoms with Gasteiger partial charge in [0.2, 0.25) is 0 Å². The first-order chi connectivity index (χ1) is 9.97. The standard InChI is InChI=1S/C16H24N4O/c1-12(2)10-20-16(17-11-18-20)9-15(21)13-5-7-14(8-6-13)19(3)4/h5-8,11-12,15,21H,9-10H2,1-4H3. The first kappa shape index (κ1) is 15.5. The van der Waals surface area contributed by atoms with Crippen molar-refractivity contribution in [1.82, 2.24) is 14.8 Å². The molecule has 0 spiro atoms. The molecule has 0 saturated carbocycles. The number of aliphatic hydroxyl groups excluding tert-OH is 1. The van der Waals surface area contributed by atoms with E-state index in [0.29, 0.717) is 12.3 Å². The van der Waals surface area contributed by atoms with Crippen molar-refractivity contribution in [3.05, 3.63) is 42.0 Å². The number of aliphatic hydroxyl groups is 1. The minimum atomic E-state index is -0.559. The Balaban J connectivity index is 2.07. The van der Waals surface area contributed by atoms with E-state index in [-0.39, 0.29) is 0 Å². The van der Waals surface area contributed by atoms with Gasteiger partial charge in [0.05, 0.1) is 6.10 Å². The molecule has 0 aliphatic carbocycles. The number of aromatic nitrogens is 3. The molecule has 114 valence electrons. The third-order valence-corrected chi connectivity index (χ3v) is 3.40. The Morgan fingerprint density at radius 2 is 1.86 bits per heavy atom. The molecule has 0 aliphatic rings. The monoisotopic (exact) mass is 288 g/mol. The van der Waals surface area contributed by atoms with Crippen LogP contribution < -0.4 is 4.90 Å². The summed E-state index contributed by atoms with van der Waals surface area (Å²) in [5.41, 5.74) is 2.02. The second kappa shape index (κ2) is 6.72. The molecular weight excluding hydrogens is 264 g/mol. The van der Waals surface area contributed by atoms with Crippen LogP contribution in [0.5, 0.6) is 0 Å². The van der Waals surface area contributed by atoms with E-state index in [0.717, 1.165) is 23.6 Å². The quantitative estimate of drug-likeness (QED) is 0.886. The molecule has 1 atom stereocenters. The highest BCUT2D eigenvalue weighted by Crippen LogP contribution is 2.20. The van der Waals surface area contributed by atoms with Crippen LogP contribution in [0.2, 0.25) is 0 Å². The number of hydrogen-bond donors (Lipinski definition) is 1. The maximum atomic E-state index is 10.4. The molecule has 5 nitrogen and oxygen atoms in total. The predicted molar refractivity (Wildman–Crippen MR) is 84.3 cm³/mol. The van der Waals surface area contributed by atoms with Crippen LogP contribution in [0.1, 0.15) is 31.3 Å². The molecule has 0 radical (unpaired) electrons. The fraction of sp³-hybridized carbons (Fsp3) is 0.500. The highest BCUT2D eigenvalue weighted by atomic mass is 16.3. The molecule has 0 bridgehead atoms. The number of benzene rings is 1. The fourth-order valence-electron chi connectivity index (χ4n) is 2.23. The van der Waals surface area contributed by atoms with Gasteiger partial charge < -0.3 is 10.0 Å². The summed E-state index contributed by atoms with van der Waals surface area (Å²) in [5, 5.41) is 14.6. The van der Waals surface area contributed by atoms with E-state index >= 15 is 0 Å². The molecule has 0 fully saturated rings. The Labute approximate surface area is 126 Å². The van der Waals surface area contributed by atoms with Crippen LogP contribution >= 0.6 is 0 Å². The summed E-state index contributed by atoms with van der Waals surface area (Å²) in [7, 11) is 4.00. The SMILES string of the molecule is CC(C)Cn1ncnc1CC(O)c1ccc(N(C)C)cc1. The molecule has 1 aromatic carbocycles. The molecular formula is C16H24N4O. The normalized spacial score (nSPS) is 12.7. The molecule has 5 heteroatoms. The van der Waals surface area contributed by atoms with Crippen molar-refractivity contribution in [2.75, 3.05) is 19.0 Å². The van der Waals surface area contributed by atoms with Crippen LogP contribution in [0.4, 0.5) is 5.69 Å². The van der Waals surface area contributed by atoms with Gasteiger partial charge in [-0.15, -0.1) is 0 Å². The summed E-state index contributed by atoms with van der Waals surface area (Å²) in [6, 6.07) is 7.95. The van der Waals surface area contributed by atoms with Crippen LogP contribution in [0.25, 0.3) is 0 Å². The molecule has 1 heterocycles. The molecule has 21 heavy (non-hydrogen) atoms. The van der Waals surface area contributed by atoms with Gasteiger partial charge in [-0.05, 0) is 23.6 Å². The van der Waals surface area contributed by atoms with Crippen molar-refractivity contribution in [3.63, 3.8) is 0 Å². The smallest absolute Gasteiger partial charge is 0.138 e. The molecule has 1 unspecified atom stereocenters. The second-order valence-corrected chi connectivity index (χ2v) is 5.96. The second-order valence-electron chi connectivity index (χ2n) is 5.96. The predicted octanol–water partition coefficient (Wildman–Crippen LogP) is 2.28. The summed E-state index contributed by atoms with van der Waals surface area (Å²) in [6.45, 7) is 5.10. The first-order valence-corrected chi connectivity index (χ1v) is 7.29. The Hall–Kier alpha value is -1.88. The average molecular weight is 288 g/mol. The highest BCUT2D eigenvalue weighted by molar-refractivity contribution is 5.46. The minimum absolute atomic E-state index is 0.480. The number of hydrogen-bond acceptors (Lipinski definition) is 4. The summed E-state index contributed by atoms with van der Waals surface area (Å²) in [5.74, 6) is 1.33. The zero-order valence-corrected chi connectivity index (χ0v) is 13.2. The van der Waals surface area contributed by atoms with E-state index in [1.807, 2.05) is 47.9 Å². The van der Waals surface area contributed by atoms with E-state index in [1.165, 1.54) is 0 Å². The average Bonchev–Trinajstić information content (AvgIpc) is 2.85. The third kappa shape index (κ3) is 4.04. The lowest BCUT2D eigenvalue weighted by Gasteiger charge is -2.15. The van der Waals surface area contributed by atoms with Crippen LogP contribution in [0.3, 0.4) is 0 Å². The molecule has 1 N–H and O–H groups in total. The van der Waals surface area contributed by atoms with Gasteiger partial charge in [-0.25, -0.2) is 9.67 Å². The van der Waals surface area contributed by atoms with Crippen LogP contribution in [-0.2, 0) is 13.0 Å². The Morgan fingerprint density at radius 1 is 1.19 bits per heavy atom. The lowest BCUT2D eigenvalue weighted by Crippen LogP contribution is -2.13. The van der Waals surface area contributed by atoms with Gasteiger partial charge in [-0.1, -0.05) is 26.0 Å². The molecule has 1 aromatic heterocycles. The van der Waals surface area contributed by atoms with E-state index in [2.05, 4.69) is 23.9 Å². The maximum Gasteiger partial charge on any atom is 0.138 e. The van der Waals surface area contributed by atoms with Gasteiger partial charge in [-0.2, -0.15) is 5.10 Å². The van der Waals surface area contributed by atoms with Gasteiger partial charge in [0.1, 0.15) is 12.2 Å². The van der Waals surface area contributed by atoms with Crippen molar-refractivity contribution in [3.8, 4) is 0 Å². The number of rotatable bonds is 6. The summed E-state index contributed by atoms with van der Waals surface area (Å²) >= 11 is 0. The topological polar surface area (TPSA) is 54.2 Å². The molecule has 2 aromatic rings. The summed E-state index contributed by atoms with van der Waals surface area (Å²) < 4.78 is 1.88. The van der Waals surface area contributed by atoms with Gasteiger partial charge in [-0.3, -0.25) is 0 Å². The highest BCUT2D eigenvalue weighted by Gasteiger charge is 2.14. The molecule has 0 aliphatic heterocycles. The van der Waals surface area contributed by atoms with E-state index < -0.39 is 6.10 Å². The van der Waals surface area contributed by atoms with Crippen LogP contribution in [-0.4, -0.2) is 34.0 Å². The van der Waals surface area contributed by atoms with Gasteiger partial charge >= 0.3 is 0 Å². The van der Waals surface area contributed by atoms with E-state index in [4.69, 9.17) is 0 Å². The van der Waals surface area contributed by atoms with Crippen molar-refractivity contribution in [2.45, 2.75) is 32.9 Å². The largest absolute Gasteiger partial charge is 0.388 e. The van der Waals surface area contributed by atoms with E-state index in [9.17, 15) is 5.11 Å². The minimum Gasteiger partial charge on any atom is -0.388 e. The van der Waals surface area contributed by atoms with Gasteiger partial charge in [0.25, 0.3) is 0 Å². The maximum absolute atomic E-state index is 10.4. The molecule has 2 rings (SSSR count). The first-order valence-electron chi connectivity index (χ1n) is 7.29. The van der Waals surface area contributed by atoms with E-state index in [1.54, 1.807) is 6.33 Å². The van der Waals surface area contributed by atoms with Crippen LogP contribution in [0.15, 0.2) is 30.6 Å². The van der Waals surface area contributed by atoms with Crippen molar-refractivity contribution >= 4 is 5.69 Å². The lowest BCUT2D eigenvalue weighted by molar-refractivity contribution is 0.173. The summed E-state index contributed by atoms with van der Waals surface area (Å²) in [6.07, 6.45) is 1.48. The number of anilines is 1.